The van der Waals surface area contributed by atoms with Gasteiger partial charge in [-0.2, -0.15) is 0 Å². The number of hydrogen-bond donors (Lipinski definition) is 1. The second kappa shape index (κ2) is 8.15. The first-order chi connectivity index (χ1) is 13.6. The monoisotopic (exact) mass is 413 g/mol. The minimum absolute atomic E-state index is 0.216. The minimum Gasteiger partial charge on any atom is -0.336 e. The first-order valence-electron chi connectivity index (χ1n) is 8.90. The smallest absolute Gasteiger partial charge is 0.324 e. The molecule has 2 aromatic heterocycles. The Bertz CT molecular complexity index is 972. The Labute approximate surface area is 170 Å². The van der Waals surface area contributed by atoms with Gasteiger partial charge >= 0.3 is 6.03 Å². The van der Waals surface area contributed by atoms with Crippen LogP contribution < -0.4 is 5.32 Å². The highest BCUT2D eigenvalue weighted by atomic mass is 32.2. The van der Waals surface area contributed by atoms with E-state index >= 15 is 0 Å². The van der Waals surface area contributed by atoms with Crippen LogP contribution in [0.15, 0.2) is 53.0 Å². The van der Waals surface area contributed by atoms with Crippen LogP contribution in [0.25, 0.3) is 10.7 Å². The molecule has 1 atom stereocenters. The number of urea groups is 1. The molecule has 9 heteroatoms. The van der Waals surface area contributed by atoms with Crippen LogP contribution in [0.1, 0.15) is 12.5 Å². The SMILES string of the molecule is C[C@H](Sc1nnc(-c2cccs2)n1Cc1ccccc1)C(=O)N1CCNC1=O. The summed E-state index contributed by atoms with van der Waals surface area (Å²) in [6.45, 7) is 3.30. The zero-order chi connectivity index (χ0) is 19.5. The summed E-state index contributed by atoms with van der Waals surface area (Å²) in [6.07, 6.45) is 0. The molecule has 1 N–H and O–H groups in total. The van der Waals surface area contributed by atoms with Crippen LogP contribution in [0.5, 0.6) is 0 Å². The van der Waals surface area contributed by atoms with E-state index in [-0.39, 0.29) is 11.9 Å². The molecule has 7 nitrogen and oxygen atoms in total. The van der Waals surface area contributed by atoms with Crippen LogP contribution in [-0.2, 0) is 11.3 Å². The van der Waals surface area contributed by atoms with Crippen molar-refractivity contribution in [1.82, 2.24) is 25.0 Å². The third kappa shape index (κ3) is 3.81. The number of benzene rings is 1. The summed E-state index contributed by atoms with van der Waals surface area (Å²) < 4.78 is 2.03. The topological polar surface area (TPSA) is 80.1 Å². The fraction of sp³-hybridized carbons (Fsp3) is 0.263. The number of thiophene rings is 1. The van der Waals surface area contributed by atoms with Gasteiger partial charge in [-0.3, -0.25) is 14.3 Å². The summed E-state index contributed by atoms with van der Waals surface area (Å²) in [5.41, 5.74) is 1.12. The van der Waals surface area contributed by atoms with E-state index in [1.807, 2.05) is 40.3 Å². The zero-order valence-electron chi connectivity index (χ0n) is 15.2. The standard InChI is InChI=1S/C19H19N5O2S2/c1-13(17(25)23-10-9-20-18(23)26)28-19-22-21-16(15-8-5-11-27-15)24(19)12-14-6-3-2-4-7-14/h2-8,11,13H,9-10,12H2,1H3,(H,20,26)/t13-/m0/s1. The molecule has 3 aromatic rings. The van der Waals surface area contributed by atoms with E-state index in [0.29, 0.717) is 24.8 Å². The van der Waals surface area contributed by atoms with Crippen molar-refractivity contribution < 1.29 is 9.59 Å². The number of rotatable bonds is 6. The molecule has 1 saturated heterocycles. The normalized spacial score (nSPS) is 14.9. The number of amides is 3. The molecule has 3 heterocycles. The minimum atomic E-state index is -0.446. The highest BCUT2D eigenvalue weighted by Gasteiger charge is 2.31. The van der Waals surface area contributed by atoms with Gasteiger partial charge in [0.15, 0.2) is 11.0 Å². The van der Waals surface area contributed by atoms with Crippen molar-refractivity contribution in [2.75, 3.05) is 13.1 Å². The van der Waals surface area contributed by atoms with Gasteiger partial charge in [0.1, 0.15) is 0 Å². The van der Waals surface area contributed by atoms with Crippen molar-refractivity contribution >= 4 is 35.0 Å². The summed E-state index contributed by atoms with van der Waals surface area (Å²) in [4.78, 5) is 26.7. The molecule has 1 aromatic carbocycles. The molecule has 3 amide bonds. The number of thioether (sulfide) groups is 1. The molecular weight excluding hydrogens is 394 g/mol. The largest absolute Gasteiger partial charge is 0.336 e. The lowest BCUT2D eigenvalue weighted by atomic mass is 10.2. The van der Waals surface area contributed by atoms with Crippen LogP contribution in [0.2, 0.25) is 0 Å². The number of carbonyl (C=O) groups is 2. The number of imide groups is 1. The van der Waals surface area contributed by atoms with Crippen LogP contribution >= 0.6 is 23.1 Å². The van der Waals surface area contributed by atoms with Crippen molar-refractivity contribution in [2.45, 2.75) is 23.9 Å². The molecule has 0 unspecified atom stereocenters. The molecule has 0 radical (unpaired) electrons. The lowest BCUT2D eigenvalue weighted by Gasteiger charge is -2.17. The molecule has 0 bridgehead atoms. The predicted octanol–water partition coefficient (Wildman–Crippen LogP) is 3.09. The maximum Gasteiger partial charge on any atom is 0.324 e. The quantitative estimate of drug-likeness (QED) is 0.628. The Balaban J connectivity index is 1.61. The van der Waals surface area contributed by atoms with Gasteiger partial charge < -0.3 is 5.32 Å². The first kappa shape index (κ1) is 18.7. The Morgan fingerprint density at radius 3 is 2.75 bits per heavy atom. The third-order valence-electron chi connectivity index (χ3n) is 4.39. The molecule has 144 valence electrons. The Hall–Kier alpha value is -2.65. The second-order valence-corrected chi connectivity index (χ2v) is 8.59. The molecule has 0 spiro atoms. The molecule has 4 rings (SSSR count). The fourth-order valence-electron chi connectivity index (χ4n) is 2.98. The lowest BCUT2D eigenvalue weighted by molar-refractivity contribution is -0.126. The van der Waals surface area contributed by atoms with E-state index in [1.54, 1.807) is 18.3 Å². The molecule has 28 heavy (non-hydrogen) atoms. The van der Waals surface area contributed by atoms with Crippen LogP contribution in [-0.4, -0.2) is 49.9 Å². The van der Waals surface area contributed by atoms with Gasteiger partial charge in [0.25, 0.3) is 0 Å². The van der Waals surface area contributed by atoms with Crippen LogP contribution in [0.3, 0.4) is 0 Å². The van der Waals surface area contributed by atoms with Crippen molar-refractivity contribution in [2.24, 2.45) is 0 Å². The average Bonchev–Trinajstić information content (AvgIpc) is 3.44. The van der Waals surface area contributed by atoms with Gasteiger partial charge in [0.05, 0.1) is 16.7 Å². The third-order valence-corrected chi connectivity index (χ3v) is 6.33. The van der Waals surface area contributed by atoms with E-state index in [4.69, 9.17) is 0 Å². The van der Waals surface area contributed by atoms with E-state index in [2.05, 4.69) is 27.6 Å². The number of nitrogens with zero attached hydrogens (tertiary/aromatic N) is 4. The number of nitrogens with one attached hydrogen (secondary N) is 1. The van der Waals surface area contributed by atoms with Gasteiger partial charge in [-0.05, 0) is 23.9 Å². The van der Waals surface area contributed by atoms with Gasteiger partial charge in [-0.25, -0.2) is 4.79 Å². The summed E-state index contributed by atoms with van der Waals surface area (Å²) in [5.74, 6) is 0.562. The van der Waals surface area contributed by atoms with E-state index in [9.17, 15) is 9.59 Å². The molecule has 0 aliphatic carbocycles. The fourth-order valence-corrected chi connectivity index (χ4v) is 4.61. The van der Waals surface area contributed by atoms with Crippen molar-refractivity contribution in [3.8, 4) is 10.7 Å². The van der Waals surface area contributed by atoms with Crippen molar-refractivity contribution in [3.05, 3.63) is 53.4 Å². The summed E-state index contributed by atoms with van der Waals surface area (Å²) in [7, 11) is 0. The van der Waals surface area contributed by atoms with Gasteiger partial charge in [-0.15, -0.1) is 21.5 Å². The zero-order valence-corrected chi connectivity index (χ0v) is 16.9. The molecule has 0 saturated carbocycles. The highest BCUT2D eigenvalue weighted by Crippen LogP contribution is 2.30. The molecule has 1 aliphatic heterocycles. The van der Waals surface area contributed by atoms with Gasteiger partial charge in [0, 0.05) is 13.1 Å². The van der Waals surface area contributed by atoms with E-state index < -0.39 is 5.25 Å². The summed E-state index contributed by atoms with van der Waals surface area (Å²) >= 11 is 2.93. The first-order valence-corrected chi connectivity index (χ1v) is 10.7. The summed E-state index contributed by atoms with van der Waals surface area (Å²) in [6, 6.07) is 13.7. The maximum atomic E-state index is 12.7. The van der Waals surface area contributed by atoms with Crippen LogP contribution in [0, 0.1) is 0 Å². The summed E-state index contributed by atoms with van der Waals surface area (Å²) in [5, 5.41) is 13.6. The Kier molecular flexibility index (Phi) is 5.45. The second-order valence-electron chi connectivity index (χ2n) is 6.34. The van der Waals surface area contributed by atoms with Crippen molar-refractivity contribution in [3.63, 3.8) is 0 Å². The Morgan fingerprint density at radius 1 is 1.25 bits per heavy atom. The van der Waals surface area contributed by atoms with Crippen molar-refractivity contribution in [1.29, 1.82) is 0 Å². The van der Waals surface area contributed by atoms with Gasteiger partial charge in [-0.1, -0.05) is 48.2 Å². The predicted molar refractivity (Wildman–Crippen MR) is 109 cm³/mol. The number of hydrogen-bond acceptors (Lipinski definition) is 6. The molecule has 1 fully saturated rings. The molecule has 1 aliphatic rings. The molecular formula is C19H19N5O2S2. The van der Waals surface area contributed by atoms with E-state index in [1.165, 1.54) is 16.7 Å². The number of carbonyl (C=O) groups excluding carboxylic acids is 2. The van der Waals surface area contributed by atoms with Crippen LogP contribution in [0.4, 0.5) is 4.79 Å². The highest BCUT2D eigenvalue weighted by molar-refractivity contribution is 8.00. The maximum absolute atomic E-state index is 12.7. The number of aromatic nitrogens is 3. The van der Waals surface area contributed by atoms with E-state index in [0.717, 1.165) is 16.3 Å². The average molecular weight is 414 g/mol. The van der Waals surface area contributed by atoms with Gasteiger partial charge in [0.2, 0.25) is 5.91 Å². The Morgan fingerprint density at radius 2 is 2.07 bits per heavy atom. The lowest BCUT2D eigenvalue weighted by Crippen LogP contribution is -2.39.